The molecule has 1 aromatic rings. The van der Waals surface area contributed by atoms with Crippen molar-refractivity contribution >= 4 is 5.76 Å². The van der Waals surface area contributed by atoms with Gasteiger partial charge in [0.2, 0.25) is 0 Å². The van der Waals surface area contributed by atoms with Crippen molar-refractivity contribution in [2.45, 2.75) is 38.2 Å². The van der Waals surface area contributed by atoms with Gasteiger partial charge in [0.1, 0.15) is 5.76 Å². The van der Waals surface area contributed by atoms with Crippen molar-refractivity contribution in [2.75, 3.05) is 7.11 Å². The summed E-state index contributed by atoms with van der Waals surface area (Å²) < 4.78 is 5.18. The minimum atomic E-state index is 0.0740. The Morgan fingerprint density at radius 2 is 2.06 bits per heavy atom. The summed E-state index contributed by atoms with van der Waals surface area (Å²) in [5, 5.41) is 9.31. The lowest BCUT2D eigenvalue weighted by Gasteiger charge is -2.14. The Labute approximate surface area is 103 Å². The Balaban J connectivity index is 2.34. The van der Waals surface area contributed by atoms with E-state index in [0.29, 0.717) is 11.7 Å². The summed E-state index contributed by atoms with van der Waals surface area (Å²) in [4.78, 5) is 0. The zero-order valence-corrected chi connectivity index (χ0v) is 10.4. The van der Waals surface area contributed by atoms with Gasteiger partial charge >= 0.3 is 0 Å². The first kappa shape index (κ1) is 12.2. The fraction of sp³-hybridized carbons (Fsp3) is 0.467. The summed E-state index contributed by atoms with van der Waals surface area (Å²) in [5.74, 6) is 1.31. The molecule has 1 fully saturated rings. The number of ether oxygens (including phenoxy) is 1. The number of aliphatic hydroxyl groups is 1. The quantitative estimate of drug-likeness (QED) is 0.806. The lowest BCUT2D eigenvalue weighted by Crippen LogP contribution is -1.98. The molecule has 1 saturated carbocycles. The van der Waals surface area contributed by atoms with E-state index in [1.54, 1.807) is 7.11 Å². The average molecular weight is 232 g/mol. The fourth-order valence-corrected chi connectivity index (χ4v) is 2.58. The van der Waals surface area contributed by atoms with Crippen molar-refractivity contribution in [1.29, 1.82) is 0 Å². The summed E-state index contributed by atoms with van der Waals surface area (Å²) in [6.45, 7) is 3.96. The Hall–Kier alpha value is -1.28. The number of benzene rings is 1. The van der Waals surface area contributed by atoms with Crippen molar-refractivity contribution in [3.05, 3.63) is 41.5 Å². The van der Waals surface area contributed by atoms with Gasteiger partial charge in [0.25, 0.3) is 0 Å². The summed E-state index contributed by atoms with van der Waals surface area (Å²) in [5.41, 5.74) is 3.26. The van der Waals surface area contributed by atoms with Crippen LogP contribution in [0.4, 0.5) is 0 Å². The van der Waals surface area contributed by atoms with Crippen molar-refractivity contribution in [1.82, 2.24) is 0 Å². The molecular weight excluding hydrogens is 212 g/mol. The second-order valence-electron chi connectivity index (χ2n) is 4.73. The molecule has 0 aliphatic heterocycles. The standard InChI is InChI=1S/C15H20O2/c1-11(17-2)14-7-12(10-16)8-15(9-14)13-5-3-4-6-13/h7-9,13,16H,1,3-6,10H2,2H3. The van der Waals surface area contributed by atoms with Gasteiger partial charge in [-0.1, -0.05) is 25.5 Å². The van der Waals surface area contributed by atoms with Crippen LogP contribution in [0.3, 0.4) is 0 Å². The minimum Gasteiger partial charge on any atom is -0.497 e. The molecule has 0 heterocycles. The van der Waals surface area contributed by atoms with E-state index in [4.69, 9.17) is 4.74 Å². The molecule has 0 unspecified atom stereocenters. The van der Waals surface area contributed by atoms with Crippen LogP contribution in [-0.4, -0.2) is 12.2 Å². The number of rotatable bonds is 4. The molecular formula is C15H20O2. The highest BCUT2D eigenvalue weighted by Crippen LogP contribution is 2.35. The predicted octanol–water partition coefficient (Wildman–Crippen LogP) is 3.45. The molecule has 1 aromatic carbocycles. The van der Waals surface area contributed by atoms with Crippen LogP contribution in [0, 0.1) is 0 Å². The first-order chi connectivity index (χ1) is 8.24. The van der Waals surface area contributed by atoms with Crippen molar-refractivity contribution < 1.29 is 9.84 Å². The maximum absolute atomic E-state index is 9.31. The third-order valence-electron chi connectivity index (χ3n) is 3.59. The van der Waals surface area contributed by atoms with Crippen LogP contribution in [0.15, 0.2) is 24.8 Å². The highest BCUT2D eigenvalue weighted by molar-refractivity contribution is 5.59. The second-order valence-corrected chi connectivity index (χ2v) is 4.73. The normalized spacial score (nSPS) is 16.1. The molecule has 0 spiro atoms. The average Bonchev–Trinajstić information content (AvgIpc) is 2.91. The lowest BCUT2D eigenvalue weighted by molar-refractivity contribution is 0.281. The van der Waals surface area contributed by atoms with Gasteiger partial charge in [-0.3, -0.25) is 0 Å². The topological polar surface area (TPSA) is 29.5 Å². The van der Waals surface area contributed by atoms with E-state index in [2.05, 4.69) is 18.7 Å². The van der Waals surface area contributed by atoms with E-state index < -0.39 is 0 Å². The number of hydrogen-bond acceptors (Lipinski definition) is 2. The zero-order valence-electron chi connectivity index (χ0n) is 10.4. The van der Waals surface area contributed by atoms with Gasteiger partial charge < -0.3 is 9.84 Å². The van der Waals surface area contributed by atoms with Crippen LogP contribution in [0.5, 0.6) is 0 Å². The minimum absolute atomic E-state index is 0.0740. The van der Waals surface area contributed by atoms with Gasteiger partial charge in [0.15, 0.2) is 0 Å². The molecule has 2 rings (SSSR count). The molecule has 1 aliphatic rings. The van der Waals surface area contributed by atoms with Gasteiger partial charge in [-0.25, -0.2) is 0 Å². The SMILES string of the molecule is C=C(OC)c1cc(CO)cc(C2CCCC2)c1. The first-order valence-corrected chi connectivity index (χ1v) is 6.22. The Kier molecular flexibility index (Phi) is 3.85. The smallest absolute Gasteiger partial charge is 0.118 e. The van der Waals surface area contributed by atoms with Crippen molar-refractivity contribution in [3.8, 4) is 0 Å². The highest BCUT2D eigenvalue weighted by atomic mass is 16.5. The molecule has 0 atom stereocenters. The van der Waals surface area contributed by atoms with Gasteiger partial charge in [0, 0.05) is 5.56 Å². The molecule has 0 aromatic heterocycles. The fourth-order valence-electron chi connectivity index (χ4n) is 2.58. The zero-order chi connectivity index (χ0) is 12.3. The third kappa shape index (κ3) is 2.70. The number of hydrogen-bond donors (Lipinski definition) is 1. The van der Waals surface area contributed by atoms with Crippen LogP contribution in [-0.2, 0) is 11.3 Å². The van der Waals surface area contributed by atoms with Gasteiger partial charge in [-0.2, -0.15) is 0 Å². The van der Waals surface area contributed by atoms with E-state index in [9.17, 15) is 5.11 Å². The molecule has 2 heteroatoms. The predicted molar refractivity (Wildman–Crippen MR) is 69.6 cm³/mol. The van der Waals surface area contributed by atoms with Gasteiger partial charge in [0.05, 0.1) is 13.7 Å². The molecule has 0 amide bonds. The van der Waals surface area contributed by atoms with E-state index >= 15 is 0 Å². The summed E-state index contributed by atoms with van der Waals surface area (Å²) in [6.07, 6.45) is 5.14. The van der Waals surface area contributed by atoms with Crippen molar-refractivity contribution in [3.63, 3.8) is 0 Å². The molecule has 92 valence electrons. The monoisotopic (exact) mass is 232 g/mol. The molecule has 1 aliphatic carbocycles. The van der Waals surface area contributed by atoms with Crippen LogP contribution < -0.4 is 0 Å². The third-order valence-corrected chi connectivity index (χ3v) is 3.59. The second kappa shape index (κ2) is 5.37. The molecule has 0 saturated heterocycles. The molecule has 2 nitrogen and oxygen atoms in total. The van der Waals surface area contributed by atoms with Gasteiger partial charge in [-0.15, -0.1) is 0 Å². The molecule has 0 bridgehead atoms. The van der Waals surface area contributed by atoms with Gasteiger partial charge in [-0.05, 0) is 42.0 Å². The van der Waals surface area contributed by atoms with Crippen LogP contribution in [0.2, 0.25) is 0 Å². The van der Waals surface area contributed by atoms with Crippen LogP contribution in [0.1, 0.15) is 48.3 Å². The Morgan fingerprint density at radius 3 is 2.65 bits per heavy atom. The number of aliphatic hydroxyl groups excluding tert-OH is 1. The number of methoxy groups -OCH3 is 1. The Bertz CT molecular complexity index is 403. The molecule has 17 heavy (non-hydrogen) atoms. The van der Waals surface area contributed by atoms with Crippen LogP contribution >= 0.6 is 0 Å². The van der Waals surface area contributed by atoms with E-state index in [1.165, 1.54) is 31.2 Å². The summed E-state index contributed by atoms with van der Waals surface area (Å²) in [7, 11) is 1.63. The molecule has 0 radical (unpaired) electrons. The van der Waals surface area contributed by atoms with Crippen LogP contribution in [0.25, 0.3) is 5.76 Å². The highest BCUT2D eigenvalue weighted by Gasteiger charge is 2.18. The van der Waals surface area contributed by atoms with Crippen molar-refractivity contribution in [2.24, 2.45) is 0 Å². The maximum Gasteiger partial charge on any atom is 0.118 e. The summed E-state index contributed by atoms with van der Waals surface area (Å²) in [6, 6.07) is 6.22. The van der Waals surface area contributed by atoms with E-state index in [1.807, 2.05) is 6.07 Å². The maximum atomic E-state index is 9.31. The molecule has 1 N–H and O–H groups in total. The first-order valence-electron chi connectivity index (χ1n) is 6.22. The Morgan fingerprint density at radius 1 is 1.35 bits per heavy atom. The lowest BCUT2D eigenvalue weighted by atomic mass is 9.93. The van der Waals surface area contributed by atoms with E-state index in [-0.39, 0.29) is 6.61 Å². The summed E-state index contributed by atoms with van der Waals surface area (Å²) >= 11 is 0. The largest absolute Gasteiger partial charge is 0.497 e. The van der Waals surface area contributed by atoms with E-state index in [0.717, 1.165) is 11.1 Å².